The Balaban J connectivity index is 1.70. The third-order valence-corrected chi connectivity index (χ3v) is 6.40. The molecule has 0 aliphatic carbocycles. The van der Waals surface area contributed by atoms with Crippen molar-refractivity contribution in [2.75, 3.05) is 19.3 Å². The third-order valence-electron chi connectivity index (χ3n) is 6.40. The summed E-state index contributed by atoms with van der Waals surface area (Å²) in [5, 5.41) is 0. The van der Waals surface area contributed by atoms with Crippen molar-refractivity contribution >= 4 is 22.9 Å². The molecule has 184 valence electrons. The van der Waals surface area contributed by atoms with Gasteiger partial charge in [-0.3, -0.25) is 9.59 Å². The fourth-order valence-electron chi connectivity index (χ4n) is 4.52. The second-order valence-corrected chi connectivity index (χ2v) is 8.61. The fourth-order valence-corrected chi connectivity index (χ4v) is 4.52. The van der Waals surface area contributed by atoms with E-state index in [0.29, 0.717) is 18.5 Å². The Morgan fingerprint density at radius 1 is 0.972 bits per heavy atom. The zero-order valence-corrected chi connectivity index (χ0v) is 18.8. The zero-order chi connectivity index (χ0) is 25.9. The van der Waals surface area contributed by atoms with Gasteiger partial charge in [-0.15, -0.1) is 0 Å². The number of aromatic nitrogens is 1. The van der Waals surface area contributed by atoms with Crippen LogP contribution in [0.2, 0.25) is 0 Å². The maximum absolute atomic E-state index is 14.1. The molecule has 0 bridgehead atoms. The van der Waals surface area contributed by atoms with E-state index in [1.165, 1.54) is 45.8 Å². The van der Waals surface area contributed by atoms with E-state index in [-0.39, 0.29) is 39.4 Å². The van der Waals surface area contributed by atoms with Gasteiger partial charge in [-0.2, -0.15) is 13.2 Å². The fraction of sp³-hybridized carbons (Fsp3) is 0.154. The number of benzene rings is 2. The summed E-state index contributed by atoms with van der Waals surface area (Å²) in [6.07, 6.45) is -2.95. The molecule has 36 heavy (non-hydrogen) atoms. The van der Waals surface area contributed by atoms with E-state index in [4.69, 9.17) is 5.73 Å². The Labute approximate surface area is 201 Å². The van der Waals surface area contributed by atoms with Crippen LogP contribution in [0.1, 0.15) is 37.5 Å². The number of ketones is 1. The molecule has 1 aliphatic rings. The predicted molar refractivity (Wildman–Crippen MR) is 123 cm³/mol. The van der Waals surface area contributed by atoms with Gasteiger partial charge < -0.3 is 15.0 Å². The van der Waals surface area contributed by atoms with Crippen LogP contribution in [0.15, 0.2) is 54.7 Å². The largest absolute Gasteiger partial charge is 0.417 e. The number of hydrogen-bond acceptors (Lipinski definition) is 3. The number of nitrogens with two attached hydrogens (primary N) is 1. The van der Waals surface area contributed by atoms with E-state index in [0.717, 1.165) is 18.2 Å². The van der Waals surface area contributed by atoms with Crippen LogP contribution >= 0.6 is 0 Å². The molecular formula is C26H18F5N3O2. The first kappa shape index (κ1) is 23.5. The Hall–Kier alpha value is -4.21. The average Bonchev–Trinajstić information content (AvgIpc) is 3.27. The van der Waals surface area contributed by atoms with Gasteiger partial charge in [0.15, 0.2) is 0 Å². The van der Waals surface area contributed by atoms with Crippen molar-refractivity contribution in [2.45, 2.75) is 12.6 Å². The highest BCUT2D eigenvalue weighted by Crippen LogP contribution is 2.41. The number of alkyl halides is 3. The van der Waals surface area contributed by atoms with Gasteiger partial charge in [0.1, 0.15) is 17.3 Å². The quantitative estimate of drug-likeness (QED) is 0.235. The Morgan fingerprint density at radius 3 is 2.33 bits per heavy atom. The van der Waals surface area contributed by atoms with E-state index in [2.05, 4.69) is 0 Å². The number of fused-ring (bicyclic) bond motifs is 2. The third kappa shape index (κ3) is 3.69. The van der Waals surface area contributed by atoms with E-state index in [1.54, 1.807) is 7.05 Å². The molecule has 0 saturated heterocycles. The topological polar surface area (TPSA) is 67.8 Å². The summed E-state index contributed by atoms with van der Waals surface area (Å²) >= 11 is 0. The molecule has 0 saturated carbocycles. The number of rotatable bonds is 3. The lowest BCUT2D eigenvalue weighted by atomic mass is 9.90. The van der Waals surface area contributed by atoms with E-state index in [9.17, 15) is 31.5 Å². The Kier molecular flexibility index (Phi) is 5.35. The molecule has 0 fully saturated rings. The highest BCUT2D eigenvalue weighted by molar-refractivity contribution is 6.09. The number of carbonyl (C=O) groups is 2. The number of likely N-dealkylation sites (N-methyl/N-ethyl adjacent to an activating group) is 1. The smallest absolute Gasteiger partial charge is 0.394 e. The molecule has 5 nitrogen and oxygen atoms in total. The van der Waals surface area contributed by atoms with Crippen molar-refractivity contribution in [3.63, 3.8) is 0 Å². The lowest BCUT2D eigenvalue weighted by Crippen LogP contribution is -2.34. The van der Waals surface area contributed by atoms with Gasteiger partial charge in [0.25, 0.3) is 5.91 Å². The number of amides is 1. The SMILES string of the molecule is CN1CCc2cc(C(F)(F)F)c(-c3cccn4c(C(=O)c5cc(F)c(N)c(F)c5)ccc34)cc2C1=O. The first-order chi connectivity index (χ1) is 17.0. The number of hydrogen-bond donors (Lipinski definition) is 1. The number of pyridine rings is 1. The summed E-state index contributed by atoms with van der Waals surface area (Å²) in [4.78, 5) is 27.2. The van der Waals surface area contributed by atoms with Crippen molar-refractivity contribution in [1.82, 2.24) is 9.30 Å². The van der Waals surface area contributed by atoms with Crippen LogP contribution in [0.5, 0.6) is 0 Å². The monoisotopic (exact) mass is 499 g/mol. The molecular weight excluding hydrogens is 481 g/mol. The molecule has 0 spiro atoms. The van der Waals surface area contributed by atoms with Crippen molar-refractivity contribution < 1.29 is 31.5 Å². The predicted octanol–water partition coefficient (Wildman–Crippen LogP) is 5.34. The van der Waals surface area contributed by atoms with Gasteiger partial charge in [-0.25, -0.2) is 8.78 Å². The highest BCUT2D eigenvalue weighted by atomic mass is 19.4. The van der Waals surface area contributed by atoms with Crippen molar-refractivity contribution in [1.29, 1.82) is 0 Å². The second-order valence-electron chi connectivity index (χ2n) is 8.61. The van der Waals surface area contributed by atoms with Crippen molar-refractivity contribution in [3.05, 3.63) is 94.3 Å². The average molecular weight is 499 g/mol. The van der Waals surface area contributed by atoms with Crippen LogP contribution < -0.4 is 5.73 Å². The van der Waals surface area contributed by atoms with E-state index >= 15 is 0 Å². The number of nitrogen functional groups attached to an aromatic ring is 1. The van der Waals surface area contributed by atoms with Crippen LogP contribution in [0.3, 0.4) is 0 Å². The molecule has 0 atom stereocenters. The van der Waals surface area contributed by atoms with Crippen LogP contribution in [0.4, 0.5) is 27.6 Å². The first-order valence-corrected chi connectivity index (χ1v) is 10.9. The highest BCUT2D eigenvalue weighted by Gasteiger charge is 2.37. The number of nitrogens with zero attached hydrogens (tertiary/aromatic N) is 2. The molecule has 2 aromatic heterocycles. The molecule has 3 heterocycles. The summed E-state index contributed by atoms with van der Waals surface area (Å²) in [7, 11) is 1.58. The Morgan fingerprint density at radius 2 is 1.67 bits per heavy atom. The molecule has 0 radical (unpaired) electrons. The molecule has 10 heteroatoms. The summed E-state index contributed by atoms with van der Waals surface area (Å²) in [6, 6.07) is 9.57. The lowest BCUT2D eigenvalue weighted by molar-refractivity contribution is -0.137. The molecule has 4 aromatic rings. The summed E-state index contributed by atoms with van der Waals surface area (Å²) in [5.41, 5.74) is 4.02. The minimum atomic E-state index is -4.70. The second kappa shape index (κ2) is 8.18. The van der Waals surface area contributed by atoms with E-state index < -0.39 is 34.8 Å². The van der Waals surface area contributed by atoms with Crippen molar-refractivity contribution in [2.24, 2.45) is 0 Å². The first-order valence-electron chi connectivity index (χ1n) is 10.9. The number of halogens is 5. The minimum Gasteiger partial charge on any atom is -0.394 e. The molecule has 1 aliphatic heterocycles. The Bertz CT molecular complexity index is 1550. The minimum absolute atomic E-state index is 0.0160. The van der Waals surface area contributed by atoms with E-state index in [1.807, 2.05) is 0 Å². The molecule has 5 rings (SSSR count). The van der Waals surface area contributed by atoms with Gasteiger partial charge in [-0.1, -0.05) is 6.07 Å². The van der Waals surface area contributed by atoms with Crippen LogP contribution in [-0.4, -0.2) is 34.6 Å². The molecule has 0 unspecified atom stereocenters. The maximum Gasteiger partial charge on any atom is 0.417 e. The standard InChI is InChI=1S/C26H18F5N3O2/c1-33-8-6-13-9-18(26(29,30)31)17(12-16(13)25(33)36)15-3-2-7-34-21(15)4-5-22(34)24(35)14-10-19(27)23(32)20(28)11-14/h2-5,7,9-12H,6,8,32H2,1H3. The lowest BCUT2D eigenvalue weighted by Gasteiger charge is -2.27. The zero-order valence-electron chi connectivity index (χ0n) is 18.8. The molecule has 2 N–H and O–H groups in total. The van der Waals surface area contributed by atoms with Gasteiger partial charge in [0.05, 0.1) is 16.8 Å². The number of anilines is 1. The van der Waals surface area contributed by atoms with Gasteiger partial charge in [-0.05, 0) is 60.0 Å². The van der Waals surface area contributed by atoms with Crippen LogP contribution in [0.25, 0.3) is 16.6 Å². The summed E-state index contributed by atoms with van der Waals surface area (Å²) < 4.78 is 71.5. The van der Waals surface area contributed by atoms with Gasteiger partial charge >= 0.3 is 6.18 Å². The maximum atomic E-state index is 14.1. The van der Waals surface area contributed by atoms with Crippen LogP contribution in [-0.2, 0) is 12.6 Å². The molecule has 1 amide bonds. The molecule has 2 aromatic carbocycles. The van der Waals surface area contributed by atoms with Gasteiger partial charge in [0, 0.05) is 36.5 Å². The summed E-state index contributed by atoms with van der Waals surface area (Å²) in [5.74, 6) is -3.32. The van der Waals surface area contributed by atoms with Crippen molar-refractivity contribution in [3.8, 4) is 11.1 Å². The van der Waals surface area contributed by atoms with Gasteiger partial charge in [0.2, 0.25) is 5.78 Å². The van der Waals surface area contributed by atoms with Crippen LogP contribution in [0, 0.1) is 11.6 Å². The normalized spacial score (nSPS) is 13.8. The summed E-state index contributed by atoms with van der Waals surface area (Å²) in [6.45, 7) is 0.314. The number of carbonyl (C=O) groups excluding carboxylic acids is 2.